The van der Waals surface area contributed by atoms with E-state index in [-0.39, 0.29) is 41.9 Å². The molecule has 2 aliphatic heterocycles. The molecule has 1 saturated carbocycles. The molecule has 3 atom stereocenters. The number of nitriles is 1. The Balaban J connectivity index is 1.35. The quantitative estimate of drug-likeness (QED) is 0.544. The average molecular weight is 521 g/mol. The van der Waals surface area contributed by atoms with Crippen LogP contribution < -0.4 is 15.0 Å². The number of aryl methyl sites for hydroxylation is 1. The Hall–Kier alpha value is -4.24. The molecule has 2 fully saturated rings. The molecule has 198 valence electrons. The van der Waals surface area contributed by atoms with Crippen LogP contribution in [0.25, 0.3) is 0 Å². The van der Waals surface area contributed by atoms with Gasteiger partial charge >= 0.3 is 12.1 Å². The van der Waals surface area contributed by atoms with Gasteiger partial charge in [0.1, 0.15) is 47.4 Å². The number of amides is 3. The smallest absolute Gasteiger partial charge is 0.410 e. The van der Waals surface area contributed by atoms with Gasteiger partial charge < -0.3 is 14.2 Å². The van der Waals surface area contributed by atoms with Gasteiger partial charge in [0, 0.05) is 25.3 Å². The van der Waals surface area contributed by atoms with Gasteiger partial charge in [0.15, 0.2) is 6.29 Å². The predicted octanol–water partition coefficient (Wildman–Crippen LogP) is 3.04. The van der Waals surface area contributed by atoms with Crippen LogP contribution in [0.15, 0.2) is 18.3 Å². The van der Waals surface area contributed by atoms with E-state index in [1.807, 2.05) is 13.0 Å². The first kappa shape index (κ1) is 25.4. The highest BCUT2D eigenvalue weighted by atomic mass is 16.6. The number of nitrogens with zero attached hydrogens (tertiary/aromatic N) is 5. The standard InChI is InChI=1S/C26H28N6O6/c1-15-14-37-26(35)32(15)12-17-8-16-4-3-7-31(24(16)29-19(17)13-33)25(34)30-23-9-22(18(10-27)11-28-23)38-21-6-5-20(21)36-2/h8-9,11,13,15,20-21H,3-7,12,14H2,1-2H3,(H,28,30,34). The SMILES string of the molecule is COC1CCC1Oc1cc(NC(=O)N2CCCc3cc(CN4C(=O)OCC4C)c(C=O)nc32)ncc1C#N. The van der Waals surface area contributed by atoms with Crippen molar-refractivity contribution in [1.29, 1.82) is 5.26 Å². The van der Waals surface area contributed by atoms with E-state index in [9.17, 15) is 19.6 Å². The van der Waals surface area contributed by atoms with Gasteiger partial charge in [-0.15, -0.1) is 0 Å². The number of carbonyl (C=O) groups is 3. The maximum atomic E-state index is 13.3. The van der Waals surface area contributed by atoms with E-state index in [0.29, 0.717) is 49.4 Å². The zero-order valence-corrected chi connectivity index (χ0v) is 21.2. The van der Waals surface area contributed by atoms with Crippen LogP contribution in [0.2, 0.25) is 0 Å². The number of methoxy groups -OCH3 is 1. The summed E-state index contributed by atoms with van der Waals surface area (Å²) in [6.07, 6.45) is 4.40. The molecule has 1 N–H and O–H groups in total. The van der Waals surface area contributed by atoms with Crippen LogP contribution in [0.3, 0.4) is 0 Å². The summed E-state index contributed by atoms with van der Waals surface area (Å²) in [7, 11) is 1.62. The predicted molar refractivity (Wildman–Crippen MR) is 134 cm³/mol. The number of rotatable bonds is 7. The molecule has 12 heteroatoms. The second-order valence-electron chi connectivity index (χ2n) is 9.56. The Morgan fingerprint density at radius 3 is 2.82 bits per heavy atom. The van der Waals surface area contributed by atoms with Crippen LogP contribution in [-0.2, 0) is 22.4 Å². The van der Waals surface area contributed by atoms with Crippen molar-refractivity contribution in [2.24, 2.45) is 0 Å². The summed E-state index contributed by atoms with van der Waals surface area (Å²) in [5.74, 6) is 0.932. The molecule has 2 aromatic rings. The molecule has 0 bridgehead atoms. The number of fused-ring (bicyclic) bond motifs is 1. The number of anilines is 2. The lowest BCUT2D eigenvalue weighted by Gasteiger charge is -2.35. The largest absolute Gasteiger partial charge is 0.486 e. The number of ether oxygens (including phenoxy) is 3. The van der Waals surface area contributed by atoms with Gasteiger partial charge in [-0.3, -0.25) is 19.9 Å². The lowest BCUT2D eigenvalue weighted by atomic mass is 9.92. The number of aromatic nitrogens is 2. The van der Waals surface area contributed by atoms with Gasteiger partial charge in [-0.1, -0.05) is 0 Å². The summed E-state index contributed by atoms with van der Waals surface area (Å²) >= 11 is 0. The molecule has 38 heavy (non-hydrogen) atoms. The van der Waals surface area contributed by atoms with Crippen molar-refractivity contribution in [2.45, 2.75) is 57.4 Å². The molecule has 12 nitrogen and oxygen atoms in total. The second-order valence-corrected chi connectivity index (χ2v) is 9.56. The molecular formula is C26H28N6O6. The molecule has 3 aliphatic rings. The van der Waals surface area contributed by atoms with Crippen LogP contribution in [0.4, 0.5) is 21.2 Å². The van der Waals surface area contributed by atoms with Crippen molar-refractivity contribution in [2.75, 3.05) is 30.5 Å². The number of urea groups is 1. The molecule has 0 spiro atoms. The van der Waals surface area contributed by atoms with Crippen LogP contribution in [0.5, 0.6) is 5.75 Å². The highest BCUT2D eigenvalue weighted by molar-refractivity contribution is 6.01. The molecule has 5 rings (SSSR count). The molecular weight excluding hydrogens is 492 g/mol. The van der Waals surface area contributed by atoms with Gasteiger partial charge in [-0.25, -0.2) is 19.6 Å². The van der Waals surface area contributed by atoms with Crippen LogP contribution in [0.1, 0.15) is 53.4 Å². The van der Waals surface area contributed by atoms with E-state index >= 15 is 0 Å². The first-order chi connectivity index (χ1) is 18.4. The Morgan fingerprint density at radius 1 is 1.34 bits per heavy atom. The Morgan fingerprint density at radius 2 is 2.16 bits per heavy atom. The van der Waals surface area contributed by atoms with Gasteiger partial charge in [-0.05, 0) is 44.2 Å². The highest BCUT2D eigenvalue weighted by Gasteiger charge is 2.34. The Labute approximate surface area is 219 Å². The topological polar surface area (TPSA) is 147 Å². The number of hydrogen-bond acceptors (Lipinski definition) is 9. The molecule has 1 aliphatic carbocycles. The zero-order valence-electron chi connectivity index (χ0n) is 21.2. The molecule has 1 saturated heterocycles. The summed E-state index contributed by atoms with van der Waals surface area (Å²) in [5, 5.41) is 12.2. The number of aldehydes is 1. The van der Waals surface area contributed by atoms with Crippen molar-refractivity contribution in [3.05, 3.63) is 40.7 Å². The molecule has 3 amide bonds. The second kappa shape index (κ2) is 10.6. The number of cyclic esters (lactones) is 1. The van der Waals surface area contributed by atoms with Crippen LogP contribution in [0, 0.1) is 11.3 Å². The van der Waals surface area contributed by atoms with Crippen LogP contribution in [-0.4, -0.2) is 71.8 Å². The first-order valence-electron chi connectivity index (χ1n) is 12.5. The van der Waals surface area contributed by atoms with Crippen molar-refractivity contribution in [3.8, 4) is 11.8 Å². The van der Waals surface area contributed by atoms with Gasteiger partial charge in [0.25, 0.3) is 0 Å². The summed E-state index contributed by atoms with van der Waals surface area (Å²) in [4.78, 5) is 49.0. The lowest BCUT2D eigenvalue weighted by Crippen LogP contribution is -2.42. The summed E-state index contributed by atoms with van der Waals surface area (Å²) in [6.45, 7) is 2.77. The minimum Gasteiger partial charge on any atom is -0.486 e. The van der Waals surface area contributed by atoms with Crippen molar-refractivity contribution < 1.29 is 28.6 Å². The third kappa shape index (κ3) is 4.84. The molecule has 3 unspecified atom stereocenters. The van der Waals surface area contributed by atoms with Gasteiger partial charge in [-0.2, -0.15) is 5.26 Å². The van der Waals surface area contributed by atoms with E-state index < -0.39 is 12.1 Å². The summed E-state index contributed by atoms with van der Waals surface area (Å²) in [5.41, 5.74) is 1.83. The van der Waals surface area contributed by atoms with E-state index in [4.69, 9.17) is 14.2 Å². The monoisotopic (exact) mass is 520 g/mol. The number of hydrogen-bond donors (Lipinski definition) is 1. The Bertz CT molecular complexity index is 1310. The minimum atomic E-state index is -0.471. The highest BCUT2D eigenvalue weighted by Crippen LogP contribution is 2.32. The normalized spacial score (nSPS) is 22.1. The number of nitrogens with one attached hydrogen (secondary N) is 1. The van der Waals surface area contributed by atoms with E-state index in [1.165, 1.54) is 17.2 Å². The molecule has 4 heterocycles. The first-order valence-corrected chi connectivity index (χ1v) is 12.5. The fourth-order valence-electron chi connectivity index (χ4n) is 4.80. The van der Waals surface area contributed by atoms with Crippen molar-refractivity contribution in [1.82, 2.24) is 14.9 Å². The number of carbonyl (C=O) groups excluding carboxylic acids is 3. The van der Waals surface area contributed by atoms with Gasteiger partial charge in [0.2, 0.25) is 0 Å². The third-order valence-corrected chi connectivity index (χ3v) is 7.14. The van der Waals surface area contributed by atoms with E-state index in [0.717, 1.165) is 18.4 Å². The lowest BCUT2D eigenvalue weighted by molar-refractivity contribution is -0.0626. The minimum absolute atomic E-state index is 0.0418. The zero-order chi connectivity index (χ0) is 26.8. The molecule has 0 aromatic carbocycles. The average Bonchev–Trinajstić information content (AvgIpc) is 3.22. The number of pyridine rings is 2. The maximum Gasteiger partial charge on any atom is 0.410 e. The molecule has 0 radical (unpaired) electrons. The fourth-order valence-corrected chi connectivity index (χ4v) is 4.80. The molecule has 2 aromatic heterocycles. The summed E-state index contributed by atoms with van der Waals surface area (Å²) < 4.78 is 16.4. The Kier molecular flexibility index (Phi) is 7.11. The van der Waals surface area contributed by atoms with Crippen molar-refractivity contribution >= 4 is 30.0 Å². The van der Waals surface area contributed by atoms with E-state index in [1.54, 1.807) is 12.0 Å². The fraction of sp³-hybridized carbons (Fsp3) is 0.462. The van der Waals surface area contributed by atoms with Crippen molar-refractivity contribution in [3.63, 3.8) is 0 Å². The van der Waals surface area contributed by atoms with Crippen LogP contribution >= 0.6 is 0 Å². The van der Waals surface area contributed by atoms with E-state index in [2.05, 4.69) is 21.4 Å². The third-order valence-electron chi connectivity index (χ3n) is 7.14. The summed E-state index contributed by atoms with van der Waals surface area (Å²) in [6, 6.07) is 4.84. The van der Waals surface area contributed by atoms with Gasteiger partial charge in [0.05, 0.1) is 24.9 Å². The maximum absolute atomic E-state index is 13.3.